The van der Waals surface area contributed by atoms with Gasteiger partial charge in [-0.05, 0) is 6.42 Å². The lowest BCUT2D eigenvalue weighted by Gasteiger charge is -2.00. The highest BCUT2D eigenvalue weighted by atomic mass is 15.4. The summed E-state index contributed by atoms with van der Waals surface area (Å²) in [4.78, 5) is 1.52. The van der Waals surface area contributed by atoms with Gasteiger partial charge in [0.1, 0.15) is 0 Å². The van der Waals surface area contributed by atoms with Gasteiger partial charge in [0.2, 0.25) is 0 Å². The van der Waals surface area contributed by atoms with Crippen molar-refractivity contribution >= 4 is 0 Å². The molecule has 0 aromatic carbocycles. The van der Waals surface area contributed by atoms with E-state index in [0.29, 0.717) is 0 Å². The van der Waals surface area contributed by atoms with E-state index in [1.807, 2.05) is 6.92 Å². The zero-order chi connectivity index (χ0) is 7.56. The van der Waals surface area contributed by atoms with Gasteiger partial charge in [0.05, 0.1) is 17.9 Å². The van der Waals surface area contributed by atoms with E-state index in [1.165, 1.54) is 4.80 Å². The summed E-state index contributed by atoms with van der Waals surface area (Å²) in [5.41, 5.74) is 6.56. The molecule has 4 heteroatoms. The van der Waals surface area contributed by atoms with E-state index in [2.05, 4.69) is 10.2 Å². The predicted octanol–water partition coefficient (Wildman–Crippen LogP) is 0.225. The van der Waals surface area contributed by atoms with E-state index < -0.39 is 0 Å². The molecule has 0 aliphatic carbocycles. The fourth-order valence-electron chi connectivity index (χ4n) is 0.740. The van der Waals surface area contributed by atoms with Crippen LogP contribution in [0.1, 0.15) is 25.1 Å². The fraction of sp³-hybridized carbons (Fsp3) is 0.667. The third-order valence-corrected chi connectivity index (χ3v) is 1.44. The van der Waals surface area contributed by atoms with Crippen molar-refractivity contribution in [2.24, 2.45) is 12.8 Å². The minimum atomic E-state index is 0.0358. The van der Waals surface area contributed by atoms with Crippen LogP contribution >= 0.6 is 0 Å². The Morgan fingerprint density at radius 3 is 2.90 bits per heavy atom. The van der Waals surface area contributed by atoms with Crippen molar-refractivity contribution in [1.82, 2.24) is 15.0 Å². The van der Waals surface area contributed by atoms with Gasteiger partial charge < -0.3 is 5.73 Å². The fourth-order valence-corrected chi connectivity index (χ4v) is 0.740. The maximum absolute atomic E-state index is 5.69. The number of aromatic nitrogens is 3. The van der Waals surface area contributed by atoms with Gasteiger partial charge in [-0.15, -0.1) is 0 Å². The molecule has 1 atom stereocenters. The summed E-state index contributed by atoms with van der Waals surface area (Å²) in [5, 5.41) is 7.97. The molecule has 0 amide bonds. The first kappa shape index (κ1) is 7.21. The highest BCUT2D eigenvalue weighted by Gasteiger charge is 2.05. The molecule has 1 aromatic heterocycles. The molecule has 0 fully saturated rings. The van der Waals surface area contributed by atoms with Gasteiger partial charge in [0.25, 0.3) is 0 Å². The Kier molecular flexibility index (Phi) is 2.01. The summed E-state index contributed by atoms with van der Waals surface area (Å²) < 4.78 is 0. The van der Waals surface area contributed by atoms with Crippen LogP contribution in [0.2, 0.25) is 0 Å². The van der Waals surface area contributed by atoms with Gasteiger partial charge >= 0.3 is 0 Å². The van der Waals surface area contributed by atoms with Crippen LogP contribution in [0, 0.1) is 0 Å². The van der Waals surface area contributed by atoms with E-state index in [9.17, 15) is 0 Å². The number of hydrogen-bond donors (Lipinski definition) is 1. The summed E-state index contributed by atoms with van der Waals surface area (Å²) in [6.07, 6.45) is 2.60. The van der Waals surface area contributed by atoms with Crippen molar-refractivity contribution in [3.05, 3.63) is 11.9 Å². The second kappa shape index (κ2) is 2.79. The van der Waals surface area contributed by atoms with Crippen LogP contribution in [0.4, 0.5) is 0 Å². The van der Waals surface area contributed by atoms with Crippen LogP contribution in [0.25, 0.3) is 0 Å². The van der Waals surface area contributed by atoms with E-state index >= 15 is 0 Å². The van der Waals surface area contributed by atoms with E-state index in [0.717, 1.165) is 12.1 Å². The Balaban J connectivity index is 2.74. The molecule has 1 rings (SSSR count). The molecular weight excluding hydrogens is 128 g/mol. The Bertz CT molecular complexity index is 205. The lowest BCUT2D eigenvalue weighted by molar-refractivity contribution is 0.612. The van der Waals surface area contributed by atoms with Crippen LogP contribution in [0.3, 0.4) is 0 Å². The topological polar surface area (TPSA) is 56.7 Å². The normalized spacial score (nSPS) is 13.5. The molecular formula is C6H12N4. The van der Waals surface area contributed by atoms with Crippen molar-refractivity contribution in [3.63, 3.8) is 0 Å². The standard InChI is InChI=1S/C6H12N4/c1-3-5(7)6-4-8-10(2)9-6/h4-5H,3,7H2,1-2H3. The number of aryl methyl sites for hydroxylation is 1. The van der Waals surface area contributed by atoms with Crippen molar-refractivity contribution in [1.29, 1.82) is 0 Å². The molecule has 0 spiro atoms. The largest absolute Gasteiger partial charge is 0.323 e. The number of nitrogens with two attached hydrogens (primary N) is 1. The monoisotopic (exact) mass is 140 g/mol. The molecule has 1 heterocycles. The second-order valence-electron chi connectivity index (χ2n) is 2.27. The van der Waals surface area contributed by atoms with Gasteiger partial charge in [-0.1, -0.05) is 6.92 Å². The summed E-state index contributed by atoms with van der Waals surface area (Å²) in [5.74, 6) is 0. The Hall–Kier alpha value is -0.900. The van der Waals surface area contributed by atoms with Crippen molar-refractivity contribution in [2.75, 3.05) is 0 Å². The Morgan fingerprint density at radius 2 is 2.50 bits per heavy atom. The maximum Gasteiger partial charge on any atom is 0.0993 e. The summed E-state index contributed by atoms with van der Waals surface area (Å²) in [6, 6.07) is 0.0358. The van der Waals surface area contributed by atoms with Gasteiger partial charge in [-0.25, -0.2) is 0 Å². The highest BCUT2D eigenvalue weighted by molar-refractivity contribution is 4.97. The number of hydrogen-bond acceptors (Lipinski definition) is 3. The third kappa shape index (κ3) is 1.33. The van der Waals surface area contributed by atoms with Gasteiger partial charge in [-0.2, -0.15) is 15.0 Å². The first-order valence-corrected chi connectivity index (χ1v) is 3.36. The lowest BCUT2D eigenvalue weighted by Crippen LogP contribution is -2.09. The molecule has 0 saturated carbocycles. The molecule has 0 bridgehead atoms. The van der Waals surface area contributed by atoms with Crippen molar-refractivity contribution < 1.29 is 0 Å². The molecule has 0 radical (unpaired) electrons. The zero-order valence-corrected chi connectivity index (χ0v) is 6.28. The SMILES string of the molecule is CCC(N)c1cnn(C)n1. The average Bonchev–Trinajstić information content (AvgIpc) is 2.34. The van der Waals surface area contributed by atoms with E-state index in [-0.39, 0.29) is 6.04 Å². The lowest BCUT2D eigenvalue weighted by atomic mass is 10.2. The maximum atomic E-state index is 5.69. The summed E-state index contributed by atoms with van der Waals surface area (Å²) >= 11 is 0. The zero-order valence-electron chi connectivity index (χ0n) is 6.28. The van der Waals surface area contributed by atoms with Crippen molar-refractivity contribution in [3.8, 4) is 0 Å². The smallest absolute Gasteiger partial charge is 0.0993 e. The first-order chi connectivity index (χ1) is 4.74. The first-order valence-electron chi connectivity index (χ1n) is 3.36. The van der Waals surface area contributed by atoms with Crippen molar-refractivity contribution in [2.45, 2.75) is 19.4 Å². The molecule has 0 aliphatic rings. The summed E-state index contributed by atoms with van der Waals surface area (Å²) in [7, 11) is 1.78. The molecule has 1 unspecified atom stereocenters. The molecule has 4 nitrogen and oxygen atoms in total. The third-order valence-electron chi connectivity index (χ3n) is 1.44. The van der Waals surface area contributed by atoms with E-state index in [4.69, 9.17) is 5.73 Å². The van der Waals surface area contributed by atoms with Gasteiger partial charge in [0, 0.05) is 7.05 Å². The molecule has 0 saturated heterocycles. The quantitative estimate of drug-likeness (QED) is 0.639. The predicted molar refractivity (Wildman–Crippen MR) is 38.2 cm³/mol. The van der Waals surface area contributed by atoms with Crippen LogP contribution in [0.15, 0.2) is 6.20 Å². The van der Waals surface area contributed by atoms with Crippen LogP contribution in [-0.2, 0) is 7.05 Å². The molecule has 10 heavy (non-hydrogen) atoms. The van der Waals surface area contributed by atoms with Gasteiger partial charge in [0.15, 0.2) is 0 Å². The molecule has 0 aliphatic heterocycles. The molecule has 2 N–H and O–H groups in total. The second-order valence-corrected chi connectivity index (χ2v) is 2.27. The Labute approximate surface area is 60.0 Å². The minimum absolute atomic E-state index is 0.0358. The summed E-state index contributed by atoms with van der Waals surface area (Å²) in [6.45, 7) is 2.03. The van der Waals surface area contributed by atoms with Gasteiger partial charge in [-0.3, -0.25) is 0 Å². The average molecular weight is 140 g/mol. The van der Waals surface area contributed by atoms with E-state index in [1.54, 1.807) is 13.2 Å². The minimum Gasteiger partial charge on any atom is -0.323 e. The number of nitrogens with zero attached hydrogens (tertiary/aromatic N) is 3. The van der Waals surface area contributed by atoms with Crippen LogP contribution in [-0.4, -0.2) is 15.0 Å². The highest BCUT2D eigenvalue weighted by Crippen LogP contribution is 2.07. The Morgan fingerprint density at radius 1 is 1.80 bits per heavy atom. The molecule has 1 aromatic rings. The van der Waals surface area contributed by atoms with Crippen LogP contribution < -0.4 is 5.73 Å². The van der Waals surface area contributed by atoms with Crippen LogP contribution in [0.5, 0.6) is 0 Å². The number of rotatable bonds is 2. The molecule has 56 valence electrons.